The summed E-state index contributed by atoms with van der Waals surface area (Å²) < 4.78 is 10.8. The van der Waals surface area contributed by atoms with Crippen LogP contribution in [0.4, 0.5) is 5.69 Å². The van der Waals surface area contributed by atoms with Crippen molar-refractivity contribution in [3.8, 4) is 17.1 Å². The van der Waals surface area contributed by atoms with Gasteiger partial charge >= 0.3 is 0 Å². The molecule has 1 aliphatic rings. The fourth-order valence-electron chi connectivity index (χ4n) is 3.21. The molecule has 0 N–H and O–H groups in total. The molecular formula is C20H18ClN3O3. The van der Waals surface area contributed by atoms with Crippen molar-refractivity contribution in [3.05, 3.63) is 58.9 Å². The first kappa shape index (κ1) is 17.5. The SMILES string of the molecule is COc1ccccc1-c1noc(C2CC(=O)N(c3ccc(C)c(Cl)c3)C2)n1. The average Bonchev–Trinajstić information content (AvgIpc) is 3.31. The summed E-state index contributed by atoms with van der Waals surface area (Å²) in [6.45, 7) is 2.41. The van der Waals surface area contributed by atoms with E-state index in [4.69, 9.17) is 20.9 Å². The maximum Gasteiger partial charge on any atom is 0.232 e. The number of amides is 1. The van der Waals surface area contributed by atoms with Crippen molar-refractivity contribution in [3.63, 3.8) is 0 Å². The summed E-state index contributed by atoms with van der Waals surface area (Å²) in [5, 5.41) is 4.71. The summed E-state index contributed by atoms with van der Waals surface area (Å²) in [6.07, 6.45) is 0.319. The van der Waals surface area contributed by atoms with E-state index in [-0.39, 0.29) is 11.8 Å². The number of aromatic nitrogens is 2. The molecule has 0 saturated carbocycles. The molecule has 0 radical (unpaired) electrons. The van der Waals surface area contributed by atoms with Crippen molar-refractivity contribution < 1.29 is 14.1 Å². The van der Waals surface area contributed by atoms with Gasteiger partial charge in [-0.2, -0.15) is 4.98 Å². The second-order valence-corrected chi connectivity index (χ2v) is 6.90. The lowest BCUT2D eigenvalue weighted by atomic mass is 10.1. The van der Waals surface area contributed by atoms with E-state index in [1.165, 1.54) is 0 Å². The smallest absolute Gasteiger partial charge is 0.232 e. The van der Waals surface area contributed by atoms with Gasteiger partial charge < -0.3 is 14.2 Å². The Balaban J connectivity index is 1.58. The van der Waals surface area contributed by atoms with E-state index in [2.05, 4.69) is 10.1 Å². The molecule has 138 valence electrons. The van der Waals surface area contributed by atoms with Crippen molar-refractivity contribution >= 4 is 23.2 Å². The van der Waals surface area contributed by atoms with Crippen molar-refractivity contribution in [2.75, 3.05) is 18.6 Å². The highest BCUT2D eigenvalue weighted by Gasteiger charge is 2.35. The Labute approximate surface area is 161 Å². The molecule has 1 amide bonds. The zero-order valence-electron chi connectivity index (χ0n) is 15.0. The molecule has 7 heteroatoms. The number of carbonyl (C=O) groups is 1. The van der Waals surface area contributed by atoms with Crippen LogP contribution in [0.5, 0.6) is 5.75 Å². The molecule has 27 heavy (non-hydrogen) atoms. The van der Waals surface area contributed by atoms with Crippen LogP contribution in [0.1, 0.15) is 23.8 Å². The first-order valence-electron chi connectivity index (χ1n) is 8.60. The maximum atomic E-state index is 12.5. The van der Waals surface area contributed by atoms with Crippen LogP contribution >= 0.6 is 11.6 Å². The number of halogens is 1. The average molecular weight is 384 g/mol. The number of methoxy groups -OCH3 is 1. The molecular weight excluding hydrogens is 366 g/mol. The third-order valence-electron chi connectivity index (χ3n) is 4.73. The molecule has 1 fully saturated rings. The Morgan fingerprint density at radius 3 is 2.85 bits per heavy atom. The topological polar surface area (TPSA) is 68.5 Å². The lowest BCUT2D eigenvalue weighted by Gasteiger charge is -2.17. The minimum atomic E-state index is -0.159. The predicted molar refractivity (Wildman–Crippen MR) is 102 cm³/mol. The van der Waals surface area contributed by atoms with Gasteiger partial charge in [0.1, 0.15) is 5.75 Å². The summed E-state index contributed by atoms with van der Waals surface area (Å²) in [5.41, 5.74) is 2.51. The van der Waals surface area contributed by atoms with Crippen LogP contribution in [-0.4, -0.2) is 29.7 Å². The highest BCUT2D eigenvalue weighted by molar-refractivity contribution is 6.31. The molecule has 1 aliphatic heterocycles. The number of hydrogen-bond donors (Lipinski definition) is 0. The number of para-hydroxylation sites is 1. The van der Waals surface area contributed by atoms with E-state index in [1.54, 1.807) is 12.0 Å². The van der Waals surface area contributed by atoms with Crippen LogP contribution < -0.4 is 9.64 Å². The molecule has 0 bridgehead atoms. The molecule has 2 aromatic carbocycles. The van der Waals surface area contributed by atoms with E-state index < -0.39 is 0 Å². The van der Waals surface area contributed by atoms with E-state index in [0.29, 0.717) is 35.5 Å². The molecule has 1 unspecified atom stereocenters. The van der Waals surface area contributed by atoms with Gasteiger partial charge in [0.15, 0.2) is 0 Å². The van der Waals surface area contributed by atoms with Crippen molar-refractivity contribution in [2.24, 2.45) is 0 Å². The summed E-state index contributed by atoms with van der Waals surface area (Å²) in [5.74, 6) is 1.42. The third-order valence-corrected chi connectivity index (χ3v) is 5.14. The number of hydrogen-bond acceptors (Lipinski definition) is 5. The van der Waals surface area contributed by atoms with E-state index in [9.17, 15) is 4.79 Å². The van der Waals surface area contributed by atoms with Gasteiger partial charge in [-0.05, 0) is 36.8 Å². The van der Waals surface area contributed by atoms with Crippen molar-refractivity contribution in [2.45, 2.75) is 19.3 Å². The quantitative estimate of drug-likeness (QED) is 0.674. The van der Waals surface area contributed by atoms with Crippen LogP contribution in [0.25, 0.3) is 11.4 Å². The molecule has 6 nitrogen and oxygen atoms in total. The number of rotatable bonds is 4. The van der Waals surface area contributed by atoms with Gasteiger partial charge in [0.05, 0.1) is 18.6 Å². The standard InChI is InChI=1S/C20H18ClN3O3/c1-12-7-8-14(10-16(12)21)24-11-13(9-18(24)25)20-22-19(23-27-20)15-5-3-4-6-17(15)26-2/h3-8,10,13H,9,11H2,1-2H3. The third kappa shape index (κ3) is 3.28. The molecule has 3 aromatic rings. The van der Waals surface area contributed by atoms with Crippen LogP contribution in [0.2, 0.25) is 5.02 Å². The zero-order valence-corrected chi connectivity index (χ0v) is 15.7. The highest BCUT2D eigenvalue weighted by Crippen LogP contribution is 2.34. The Bertz CT molecular complexity index is 1000. The molecule has 1 aromatic heterocycles. The molecule has 1 saturated heterocycles. The van der Waals surface area contributed by atoms with E-state index >= 15 is 0 Å². The van der Waals surface area contributed by atoms with Gasteiger partial charge in [-0.15, -0.1) is 0 Å². The summed E-state index contributed by atoms with van der Waals surface area (Å²) >= 11 is 6.20. The number of nitrogens with zero attached hydrogens (tertiary/aromatic N) is 3. The first-order valence-corrected chi connectivity index (χ1v) is 8.98. The number of carbonyl (C=O) groups excluding carboxylic acids is 1. The largest absolute Gasteiger partial charge is 0.496 e. The monoisotopic (exact) mass is 383 g/mol. The number of benzene rings is 2. The van der Waals surface area contributed by atoms with Crippen molar-refractivity contribution in [1.82, 2.24) is 10.1 Å². The maximum absolute atomic E-state index is 12.5. The number of anilines is 1. The van der Waals surface area contributed by atoms with Gasteiger partial charge in [-0.3, -0.25) is 4.79 Å². The fourth-order valence-corrected chi connectivity index (χ4v) is 3.39. The Hall–Kier alpha value is -2.86. The van der Waals surface area contributed by atoms with E-state index in [1.807, 2.05) is 49.4 Å². The second kappa shape index (κ2) is 7.04. The molecule has 0 aliphatic carbocycles. The number of ether oxygens (including phenoxy) is 1. The van der Waals surface area contributed by atoms with Crippen LogP contribution in [0.15, 0.2) is 47.0 Å². The van der Waals surface area contributed by atoms with Gasteiger partial charge in [-0.1, -0.05) is 35.0 Å². The van der Waals surface area contributed by atoms with Crippen molar-refractivity contribution in [1.29, 1.82) is 0 Å². The highest BCUT2D eigenvalue weighted by atomic mass is 35.5. The second-order valence-electron chi connectivity index (χ2n) is 6.50. The van der Waals surface area contributed by atoms with Gasteiger partial charge in [0.2, 0.25) is 17.6 Å². The van der Waals surface area contributed by atoms with Crippen LogP contribution in [0, 0.1) is 6.92 Å². The van der Waals surface area contributed by atoms with Gasteiger partial charge in [-0.25, -0.2) is 0 Å². The Morgan fingerprint density at radius 2 is 2.07 bits per heavy atom. The minimum Gasteiger partial charge on any atom is -0.496 e. The fraction of sp³-hybridized carbons (Fsp3) is 0.250. The molecule has 1 atom stereocenters. The first-order chi connectivity index (χ1) is 13.1. The molecule has 0 spiro atoms. The lowest BCUT2D eigenvalue weighted by Crippen LogP contribution is -2.24. The van der Waals surface area contributed by atoms with E-state index in [0.717, 1.165) is 16.8 Å². The number of aryl methyl sites for hydroxylation is 1. The van der Waals surface area contributed by atoms with Gasteiger partial charge in [0.25, 0.3) is 0 Å². The summed E-state index contributed by atoms with van der Waals surface area (Å²) in [7, 11) is 1.60. The Morgan fingerprint density at radius 1 is 1.26 bits per heavy atom. The molecule has 4 rings (SSSR count). The van der Waals surface area contributed by atoms with Crippen LogP contribution in [-0.2, 0) is 4.79 Å². The summed E-state index contributed by atoms with van der Waals surface area (Å²) in [6, 6.07) is 13.1. The molecule has 2 heterocycles. The summed E-state index contributed by atoms with van der Waals surface area (Å²) in [4.78, 5) is 18.7. The van der Waals surface area contributed by atoms with Gasteiger partial charge in [0, 0.05) is 23.7 Å². The Kier molecular flexibility index (Phi) is 4.58. The minimum absolute atomic E-state index is 0.0111. The lowest BCUT2D eigenvalue weighted by molar-refractivity contribution is -0.117. The van der Waals surface area contributed by atoms with Crippen LogP contribution in [0.3, 0.4) is 0 Å². The zero-order chi connectivity index (χ0) is 19.0. The normalized spacial score (nSPS) is 16.8. The predicted octanol–water partition coefficient (Wildman–Crippen LogP) is 4.23.